The molecule has 7 heteroatoms. The maximum Gasteiger partial charge on any atom is 0.343 e. The minimum Gasteiger partial charge on any atom is -0.484 e. The number of Topliss-reactive ketones (excluding diaryl/α,β-unsaturated/α-hetero) is 1. The quantitative estimate of drug-likeness (QED) is 0.450. The number of allylic oxidation sites excluding steroid dienone is 2. The average molecular weight is 406 g/mol. The minimum atomic E-state index is -0.673. The Labute approximate surface area is 174 Å². The molecule has 154 valence electrons. The van der Waals surface area contributed by atoms with Gasteiger partial charge in [-0.25, -0.2) is 4.79 Å². The van der Waals surface area contributed by atoms with Gasteiger partial charge in [-0.3, -0.25) is 9.59 Å². The van der Waals surface area contributed by atoms with E-state index in [2.05, 4.69) is 0 Å². The third-order valence-corrected chi connectivity index (χ3v) is 4.64. The topological polar surface area (TPSA) is 98.9 Å². The SMILES string of the molecule is COC(=O)C1=C(C)N(c2ccc(C)cc2)C(=Cc2ccc(OCC(N)=O)cc2)C1=O. The summed E-state index contributed by atoms with van der Waals surface area (Å²) in [6.45, 7) is 3.47. The van der Waals surface area contributed by atoms with E-state index in [0.29, 0.717) is 17.1 Å². The van der Waals surface area contributed by atoms with Crippen LogP contribution in [0.3, 0.4) is 0 Å². The van der Waals surface area contributed by atoms with Crippen LogP contribution in [0, 0.1) is 6.92 Å². The van der Waals surface area contributed by atoms with Crippen molar-refractivity contribution in [2.24, 2.45) is 5.73 Å². The lowest BCUT2D eigenvalue weighted by atomic mass is 10.1. The van der Waals surface area contributed by atoms with Crippen molar-refractivity contribution in [2.75, 3.05) is 18.6 Å². The fourth-order valence-electron chi connectivity index (χ4n) is 3.16. The second-order valence-corrected chi connectivity index (χ2v) is 6.81. The van der Waals surface area contributed by atoms with Crippen molar-refractivity contribution in [3.8, 4) is 5.75 Å². The number of benzene rings is 2. The molecule has 2 N–H and O–H groups in total. The molecule has 0 unspecified atom stereocenters. The predicted octanol–water partition coefficient (Wildman–Crippen LogP) is 2.74. The molecule has 0 aromatic heterocycles. The molecule has 1 aliphatic heterocycles. The number of carbonyl (C=O) groups is 3. The van der Waals surface area contributed by atoms with Crippen LogP contribution in [0.5, 0.6) is 5.75 Å². The zero-order valence-corrected chi connectivity index (χ0v) is 17.0. The number of carbonyl (C=O) groups excluding carboxylic acids is 3. The Morgan fingerprint density at radius 1 is 1.03 bits per heavy atom. The Morgan fingerprint density at radius 2 is 1.67 bits per heavy atom. The zero-order valence-electron chi connectivity index (χ0n) is 17.0. The van der Waals surface area contributed by atoms with E-state index in [0.717, 1.165) is 16.8 Å². The lowest BCUT2D eigenvalue weighted by Crippen LogP contribution is -2.20. The fraction of sp³-hybridized carbons (Fsp3) is 0.174. The number of hydrogen-bond donors (Lipinski definition) is 1. The molecule has 0 saturated heterocycles. The summed E-state index contributed by atoms with van der Waals surface area (Å²) in [4.78, 5) is 37.9. The number of aryl methyl sites for hydroxylation is 1. The van der Waals surface area contributed by atoms with E-state index in [-0.39, 0.29) is 12.2 Å². The first-order chi connectivity index (χ1) is 14.3. The molecule has 0 atom stereocenters. The molecule has 30 heavy (non-hydrogen) atoms. The highest BCUT2D eigenvalue weighted by Gasteiger charge is 2.38. The van der Waals surface area contributed by atoms with E-state index >= 15 is 0 Å². The van der Waals surface area contributed by atoms with Crippen molar-refractivity contribution in [1.82, 2.24) is 0 Å². The van der Waals surface area contributed by atoms with Crippen molar-refractivity contribution < 1.29 is 23.9 Å². The number of hydrogen-bond acceptors (Lipinski definition) is 6. The maximum absolute atomic E-state index is 13.1. The summed E-state index contributed by atoms with van der Waals surface area (Å²) in [5.74, 6) is -1.17. The number of primary amides is 1. The van der Waals surface area contributed by atoms with Gasteiger partial charge >= 0.3 is 5.97 Å². The van der Waals surface area contributed by atoms with Gasteiger partial charge in [0.2, 0.25) is 5.78 Å². The number of esters is 1. The van der Waals surface area contributed by atoms with E-state index in [9.17, 15) is 14.4 Å². The molecule has 0 spiro atoms. The van der Waals surface area contributed by atoms with Gasteiger partial charge in [0.15, 0.2) is 6.61 Å². The van der Waals surface area contributed by atoms with Crippen LogP contribution in [0.25, 0.3) is 6.08 Å². The summed E-state index contributed by atoms with van der Waals surface area (Å²) in [6, 6.07) is 14.5. The van der Waals surface area contributed by atoms with Crippen LogP contribution in [-0.4, -0.2) is 31.4 Å². The summed E-state index contributed by atoms with van der Waals surface area (Å²) in [5, 5.41) is 0. The van der Waals surface area contributed by atoms with E-state index in [4.69, 9.17) is 15.2 Å². The number of methoxy groups -OCH3 is 1. The van der Waals surface area contributed by atoms with Crippen LogP contribution in [0.2, 0.25) is 0 Å². The van der Waals surface area contributed by atoms with Crippen LogP contribution in [0.1, 0.15) is 18.1 Å². The molecule has 0 radical (unpaired) electrons. The average Bonchev–Trinajstić information content (AvgIpc) is 2.97. The summed E-state index contributed by atoms with van der Waals surface area (Å²) in [5.41, 5.74) is 8.49. The van der Waals surface area contributed by atoms with Gasteiger partial charge in [0, 0.05) is 11.4 Å². The van der Waals surface area contributed by atoms with Gasteiger partial charge < -0.3 is 20.1 Å². The summed E-state index contributed by atoms with van der Waals surface area (Å²) >= 11 is 0. The van der Waals surface area contributed by atoms with Crippen LogP contribution < -0.4 is 15.4 Å². The summed E-state index contributed by atoms with van der Waals surface area (Å²) < 4.78 is 10.1. The third-order valence-electron chi connectivity index (χ3n) is 4.64. The molecule has 7 nitrogen and oxygen atoms in total. The zero-order chi connectivity index (χ0) is 21.8. The molecule has 0 aliphatic carbocycles. The van der Waals surface area contributed by atoms with Gasteiger partial charge in [0.05, 0.1) is 12.8 Å². The first kappa shape index (κ1) is 20.9. The number of amides is 1. The molecule has 1 heterocycles. The molecule has 1 amide bonds. The lowest BCUT2D eigenvalue weighted by molar-refractivity contribution is -0.137. The smallest absolute Gasteiger partial charge is 0.343 e. The number of ether oxygens (including phenoxy) is 2. The van der Waals surface area contributed by atoms with E-state index in [1.165, 1.54) is 7.11 Å². The number of rotatable bonds is 6. The molecule has 0 fully saturated rings. The molecule has 0 saturated carbocycles. The van der Waals surface area contributed by atoms with E-state index in [1.807, 2.05) is 31.2 Å². The molecule has 0 bridgehead atoms. The van der Waals surface area contributed by atoms with Crippen molar-refractivity contribution in [1.29, 1.82) is 0 Å². The number of nitrogens with zero attached hydrogens (tertiary/aromatic N) is 1. The summed E-state index contributed by atoms with van der Waals surface area (Å²) in [6.07, 6.45) is 1.69. The van der Waals surface area contributed by atoms with E-state index in [1.54, 1.807) is 42.2 Å². The largest absolute Gasteiger partial charge is 0.484 e. The molecule has 3 rings (SSSR count). The third kappa shape index (κ3) is 4.25. The normalized spacial score (nSPS) is 15.0. The highest BCUT2D eigenvalue weighted by Crippen LogP contribution is 2.35. The molecule has 2 aromatic carbocycles. The van der Waals surface area contributed by atoms with E-state index < -0.39 is 17.7 Å². The van der Waals surface area contributed by atoms with Crippen LogP contribution in [-0.2, 0) is 19.1 Å². The highest BCUT2D eigenvalue weighted by atomic mass is 16.5. The molecule has 2 aromatic rings. The molecule has 1 aliphatic rings. The van der Waals surface area contributed by atoms with Crippen LogP contribution in [0.4, 0.5) is 5.69 Å². The van der Waals surface area contributed by atoms with Crippen LogP contribution >= 0.6 is 0 Å². The maximum atomic E-state index is 13.1. The molecular weight excluding hydrogens is 384 g/mol. The Balaban J connectivity index is 2.00. The van der Waals surface area contributed by atoms with Gasteiger partial charge in [-0.1, -0.05) is 29.8 Å². The lowest BCUT2D eigenvalue weighted by Gasteiger charge is -2.21. The summed E-state index contributed by atoms with van der Waals surface area (Å²) in [7, 11) is 1.25. The fourth-order valence-corrected chi connectivity index (χ4v) is 3.16. The van der Waals surface area contributed by atoms with Crippen LogP contribution in [0.15, 0.2) is 65.5 Å². The van der Waals surface area contributed by atoms with Gasteiger partial charge in [-0.15, -0.1) is 0 Å². The van der Waals surface area contributed by atoms with Gasteiger partial charge in [-0.05, 0) is 49.8 Å². The predicted molar refractivity (Wildman–Crippen MR) is 112 cm³/mol. The number of ketones is 1. The van der Waals surface area contributed by atoms with Crippen molar-refractivity contribution in [2.45, 2.75) is 13.8 Å². The Bertz CT molecular complexity index is 1050. The number of nitrogens with two attached hydrogens (primary N) is 1. The Kier molecular flexibility index (Phi) is 6.01. The van der Waals surface area contributed by atoms with Crippen molar-refractivity contribution in [3.05, 3.63) is 76.6 Å². The first-order valence-corrected chi connectivity index (χ1v) is 9.25. The van der Waals surface area contributed by atoms with Gasteiger partial charge in [0.25, 0.3) is 5.91 Å². The van der Waals surface area contributed by atoms with Gasteiger partial charge in [-0.2, -0.15) is 0 Å². The van der Waals surface area contributed by atoms with Crippen molar-refractivity contribution >= 4 is 29.4 Å². The van der Waals surface area contributed by atoms with Gasteiger partial charge in [0.1, 0.15) is 11.3 Å². The highest BCUT2D eigenvalue weighted by molar-refractivity contribution is 6.30. The first-order valence-electron chi connectivity index (χ1n) is 9.25. The Hall–Kier alpha value is -3.87. The standard InChI is InChI=1S/C23H22N2O5/c1-14-4-8-17(9-5-14)25-15(2)21(23(28)29-3)22(27)19(25)12-16-6-10-18(11-7-16)30-13-20(24)26/h4-12H,13H2,1-3H3,(H2,24,26). The minimum absolute atomic E-state index is 0.00531. The molecular formula is C23H22N2O5. The monoisotopic (exact) mass is 406 g/mol. The van der Waals surface area contributed by atoms with Crippen molar-refractivity contribution in [3.63, 3.8) is 0 Å². The second-order valence-electron chi connectivity index (χ2n) is 6.81. The Morgan fingerprint density at radius 3 is 2.23 bits per heavy atom. The number of anilines is 1. The second kappa shape index (κ2) is 8.65.